The fourth-order valence-electron chi connectivity index (χ4n) is 0.825. The molecule has 0 spiro atoms. The molecule has 12 heavy (non-hydrogen) atoms. The fourth-order valence-corrected chi connectivity index (χ4v) is 0.825. The van der Waals surface area contributed by atoms with Gasteiger partial charge in [-0.1, -0.05) is 0 Å². The van der Waals surface area contributed by atoms with Gasteiger partial charge in [0, 0.05) is 14.2 Å². The Morgan fingerprint density at radius 1 is 1.42 bits per heavy atom. The molecule has 0 aromatic rings. The number of ether oxygens (including phenoxy) is 4. The van der Waals surface area contributed by atoms with E-state index in [0.717, 1.165) is 0 Å². The lowest BCUT2D eigenvalue weighted by molar-refractivity contribution is -0.145. The predicted octanol–water partition coefficient (Wildman–Crippen LogP) is 0.654. The van der Waals surface area contributed by atoms with E-state index < -0.39 is 18.5 Å². The van der Waals surface area contributed by atoms with Gasteiger partial charge in [-0.05, 0) is 6.08 Å². The second kappa shape index (κ2) is 4.08. The summed E-state index contributed by atoms with van der Waals surface area (Å²) in [6, 6.07) is 0. The summed E-state index contributed by atoms with van der Waals surface area (Å²) in [6.07, 6.45) is 0.787. The van der Waals surface area contributed by atoms with Gasteiger partial charge in [0.25, 0.3) is 0 Å². The molecule has 1 rings (SSSR count). The van der Waals surface area contributed by atoms with E-state index in [1.165, 1.54) is 20.5 Å². The SMILES string of the molecule is COC1C=COC(=O)OC1OC. The Bertz CT molecular complexity index is 188. The molecule has 5 nitrogen and oxygen atoms in total. The summed E-state index contributed by atoms with van der Waals surface area (Å²) >= 11 is 0. The standard InChI is InChI=1S/C7H10O5/c1-9-5-3-4-11-7(8)12-6(5)10-2/h3-6H,1-2H3. The van der Waals surface area contributed by atoms with Crippen LogP contribution >= 0.6 is 0 Å². The van der Waals surface area contributed by atoms with Gasteiger partial charge in [-0.3, -0.25) is 0 Å². The van der Waals surface area contributed by atoms with Crippen LogP contribution in [0.1, 0.15) is 0 Å². The zero-order chi connectivity index (χ0) is 8.97. The quantitative estimate of drug-likeness (QED) is 0.575. The summed E-state index contributed by atoms with van der Waals surface area (Å²) < 4.78 is 19.0. The van der Waals surface area contributed by atoms with E-state index in [1.807, 2.05) is 0 Å². The Hall–Kier alpha value is -1.07. The van der Waals surface area contributed by atoms with Crippen molar-refractivity contribution in [2.24, 2.45) is 0 Å². The van der Waals surface area contributed by atoms with Crippen LogP contribution in [0.15, 0.2) is 12.3 Å². The first-order chi connectivity index (χ1) is 5.77. The average Bonchev–Trinajstić information content (AvgIpc) is 2.26. The number of rotatable bonds is 2. The first-order valence-corrected chi connectivity index (χ1v) is 3.37. The van der Waals surface area contributed by atoms with E-state index >= 15 is 0 Å². The van der Waals surface area contributed by atoms with Crippen molar-refractivity contribution in [1.29, 1.82) is 0 Å². The topological polar surface area (TPSA) is 54.0 Å². The Morgan fingerprint density at radius 2 is 2.17 bits per heavy atom. The molecule has 0 aromatic carbocycles. The Morgan fingerprint density at radius 3 is 2.75 bits per heavy atom. The number of hydrogen-bond acceptors (Lipinski definition) is 5. The second-order valence-corrected chi connectivity index (χ2v) is 2.12. The fraction of sp³-hybridized carbons (Fsp3) is 0.571. The lowest BCUT2D eigenvalue weighted by atomic mass is 10.3. The molecule has 0 saturated carbocycles. The maximum atomic E-state index is 10.7. The summed E-state index contributed by atoms with van der Waals surface area (Å²) in [6.45, 7) is 0. The normalized spacial score (nSPS) is 29.0. The predicted molar refractivity (Wildman–Crippen MR) is 38.3 cm³/mol. The van der Waals surface area contributed by atoms with Crippen LogP contribution in [-0.2, 0) is 18.9 Å². The third-order valence-electron chi connectivity index (χ3n) is 1.42. The number of carbonyl (C=O) groups excluding carboxylic acids is 1. The molecule has 0 bridgehead atoms. The van der Waals surface area contributed by atoms with Gasteiger partial charge in [-0.15, -0.1) is 0 Å². The van der Waals surface area contributed by atoms with Gasteiger partial charge < -0.3 is 18.9 Å². The zero-order valence-corrected chi connectivity index (χ0v) is 6.85. The third-order valence-corrected chi connectivity index (χ3v) is 1.42. The molecule has 2 unspecified atom stereocenters. The highest BCUT2D eigenvalue weighted by Crippen LogP contribution is 2.11. The minimum atomic E-state index is -0.794. The van der Waals surface area contributed by atoms with Gasteiger partial charge in [-0.2, -0.15) is 0 Å². The van der Waals surface area contributed by atoms with Crippen molar-refractivity contribution in [3.05, 3.63) is 12.3 Å². The minimum Gasteiger partial charge on any atom is -0.403 e. The van der Waals surface area contributed by atoms with E-state index in [2.05, 4.69) is 4.74 Å². The van der Waals surface area contributed by atoms with Crippen LogP contribution in [0.2, 0.25) is 0 Å². The van der Waals surface area contributed by atoms with E-state index in [0.29, 0.717) is 0 Å². The molecule has 0 amide bonds. The molecule has 0 aromatic heterocycles. The highest BCUT2D eigenvalue weighted by atomic mass is 16.8. The summed E-state index contributed by atoms with van der Waals surface area (Å²) in [5.74, 6) is 0. The molecule has 1 aliphatic heterocycles. The van der Waals surface area contributed by atoms with Crippen molar-refractivity contribution in [3.63, 3.8) is 0 Å². The first kappa shape index (κ1) is 9.02. The monoisotopic (exact) mass is 174 g/mol. The van der Waals surface area contributed by atoms with Gasteiger partial charge in [0.2, 0.25) is 6.29 Å². The van der Waals surface area contributed by atoms with E-state index in [-0.39, 0.29) is 0 Å². The van der Waals surface area contributed by atoms with E-state index in [4.69, 9.17) is 14.2 Å². The van der Waals surface area contributed by atoms with E-state index in [1.54, 1.807) is 6.08 Å². The average molecular weight is 174 g/mol. The maximum absolute atomic E-state index is 10.7. The lowest BCUT2D eigenvalue weighted by Gasteiger charge is -2.18. The summed E-state index contributed by atoms with van der Waals surface area (Å²) in [5, 5.41) is 0. The molecule has 0 fully saturated rings. The van der Waals surface area contributed by atoms with Gasteiger partial charge in [-0.25, -0.2) is 4.79 Å². The first-order valence-electron chi connectivity index (χ1n) is 3.37. The lowest BCUT2D eigenvalue weighted by Crippen LogP contribution is -2.31. The summed E-state index contributed by atoms with van der Waals surface area (Å²) in [5.41, 5.74) is 0. The molecule has 2 atom stereocenters. The van der Waals surface area contributed by atoms with Crippen molar-refractivity contribution in [1.82, 2.24) is 0 Å². The number of cyclic esters (lactones) is 2. The Kier molecular flexibility index (Phi) is 3.07. The number of carbonyl (C=O) groups is 1. The zero-order valence-electron chi connectivity index (χ0n) is 6.85. The van der Waals surface area contributed by atoms with Gasteiger partial charge >= 0.3 is 6.16 Å². The van der Waals surface area contributed by atoms with Crippen LogP contribution in [0.4, 0.5) is 4.79 Å². The largest absolute Gasteiger partial charge is 0.515 e. The van der Waals surface area contributed by atoms with Gasteiger partial charge in [0.15, 0.2) is 0 Å². The highest BCUT2D eigenvalue weighted by molar-refractivity contribution is 5.61. The summed E-state index contributed by atoms with van der Waals surface area (Å²) in [4.78, 5) is 10.7. The molecule has 68 valence electrons. The number of hydrogen-bond donors (Lipinski definition) is 0. The molecule has 0 aliphatic carbocycles. The molecule has 0 N–H and O–H groups in total. The molecule has 5 heteroatoms. The van der Waals surface area contributed by atoms with Gasteiger partial charge in [0.05, 0.1) is 6.26 Å². The Labute approximate surface area is 69.8 Å². The van der Waals surface area contributed by atoms with Crippen LogP contribution in [0.3, 0.4) is 0 Å². The second-order valence-electron chi connectivity index (χ2n) is 2.12. The minimum absolute atomic E-state index is 0.429. The van der Waals surface area contributed by atoms with Crippen LogP contribution in [0.5, 0.6) is 0 Å². The molecule has 1 heterocycles. The molecular formula is C7H10O5. The third kappa shape index (κ3) is 1.96. The number of methoxy groups -OCH3 is 2. The summed E-state index contributed by atoms with van der Waals surface area (Å²) in [7, 11) is 2.91. The Balaban J connectivity index is 2.65. The highest BCUT2D eigenvalue weighted by Gasteiger charge is 2.25. The molecule has 0 saturated heterocycles. The van der Waals surface area contributed by atoms with Crippen molar-refractivity contribution in [3.8, 4) is 0 Å². The van der Waals surface area contributed by atoms with Crippen molar-refractivity contribution >= 4 is 6.16 Å². The molecular weight excluding hydrogens is 164 g/mol. The van der Waals surface area contributed by atoms with Crippen LogP contribution in [-0.4, -0.2) is 32.8 Å². The molecule has 1 aliphatic rings. The van der Waals surface area contributed by atoms with Crippen molar-refractivity contribution in [2.75, 3.05) is 14.2 Å². The molecule has 0 radical (unpaired) electrons. The van der Waals surface area contributed by atoms with Crippen LogP contribution in [0.25, 0.3) is 0 Å². The van der Waals surface area contributed by atoms with Crippen molar-refractivity contribution in [2.45, 2.75) is 12.4 Å². The van der Waals surface area contributed by atoms with Gasteiger partial charge in [0.1, 0.15) is 6.10 Å². The van der Waals surface area contributed by atoms with E-state index in [9.17, 15) is 4.79 Å². The van der Waals surface area contributed by atoms with Crippen LogP contribution in [0, 0.1) is 0 Å². The van der Waals surface area contributed by atoms with Crippen LogP contribution < -0.4 is 0 Å². The maximum Gasteiger partial charge on any atom is 0.515 e. The smallest absolute Gasteiger partial charge is 0.403 e. The van der Waals surface area contributed by atoms with Crippen molar-refractivity contribution < 1.29 is 23.7 Å².